The Balaban J connectivity index is 1.40. The second-order valence-electron chi connectivity index (χ2n) is 11.2. The monoisotopic (exact) mass is 555 g/mol. The molecule has 5 rings (SSSR count). The Morgan fingerprint density at radius 1 is 1.15 bits per heavy atom. The van der Waals surface area contributed by atoms with Gasteiger partial charge in [-0.3, -0.25) is 24.8 Å². The van der Waals surface area contributed by atoms with Gasteiger partial charge in [0.15, 0.2) is 0 Å². The molecule has 2 amide bonds. The second-order valence-corrected chi connectivity index (χ2v) is 11.2. The SMILES string of the molecule is COC[C@]1(C)CN(Cc2ccc(C(F)(F)F)cc2)CC[C@]1(O)c1ccc2ncc([C@@H]3CCC(=O)NC3=O)cc2c1. The molecule has 10 heteroatoms. The summed E-state index contributed by atoms with van der Waals surface area (Å²) >= 11 is 0. The molecule has 2 N–H and O–H groups in total. The smallest absolute Gasteiger partial charge is 0.384 e. The van der Waals surface area contributed by atoms with Crippen LogP contribution in [-0.2, 0) is 32.6 Å². The molecule has 3 atom stereocenters. The summed E-state index contributed by atoms with van der Waals surface area (Å²) in [5.74, 6) is -1.07. The minimum absolute atomic E-state index is 0.264. The van der Waals surface area contributed by atoms with Gasteiger partial charge in [0.1, 0.15) is 0 Å². The van der Waals surface area contributed by atoms with E-state index in [1.165, 1.54) is 12.1 Å². The number of likely N-dealkylation sites (tertiary alicyclic amines) is 1. The number of ether oxygens (including phenoxy) is 1. The number of nitrogens with zero attached hydrogens (tertiary/aromatic N) is 2. The molecule has 3 aromatic rings. The van der Waals surface area contributed by atoms with Gasteiger partial charge in [-0.1, -0.05) is 25.1 Å². The van der Waals surface area contributed by atoms with E-state index in [0.717, 1.165) is 28.6 Å². The summed E-state index contributed by atoms with van der Waals surface area (Å²) in [5.41, 5.74) is 0.239. The molecule has 3 heterocycles. The van der Waals surface area contributed by atoms with Gasteiger partial charge < -0.3 is 9.84 Å². The number of piperidine rings is 2. The molecule has 0 saturated carbocycles. The number of benzene rings is 2. The highest BCUT2D eigenvalue weighted by atomic mass is 19.4. The predicted molar refractivity (Wildman–Crippen MR) is 142 cm³/mol. The van der Waals surface area contributed by atoms with Crippen LogP contribution in [0, 0.1) is 5.41 Å². The van der Waals surface area contributed by atoms with Gasteiger partial charge in [0.05, 0.1) is 29.2 Å². The summed E-state index contributed by atoms with van der Waals surface area (Å²) in [6.07, 6.45) is -1.64. The van der Waals surface area contributed by atoms with Gasteiger partial charge in [-0.2, -0.15) is 13.2 Å². The highest BCUT2D eigenvalue weighted by Gasteiger charge is 2.52. The van der Waals surface area contributed by atoms with Gasteiger partial charge in [0.2, 0.25) is 11.8 Å². The molecule has 0 aliphatic carbocycles. The van der Waals surface area contributed by atoms with Crippen molar-refractivity contribution in [3.05, 3.63) is 77.0 Å². The van der Waals surface area contributed by atoms with E-state index in [4.69, 9.17) is 4.74 Å². The maximum atomic E-state index is 13.0. The molecule has 40 heavy (non-hydrogen) atoms. The molecule has 0 spiro atoms. The van der Waals surface area contributed by atoms with Gasteiger partial charge in [0.25, 0.3) is 0 Å². The molecule has 212 valence electrons. The molecule has 2 aromatic carbocycles. The quantitative estimate of drug-likeness (QED) is 0.435. The Bertz CT molecular complexity index is 1430. The van der Waals surface area contributed by atoms with Crippen molar-refractivity contribution in [1.82, 2.24) is 15.2 Å². The average molecular weight is 556 g/mol. The molecule has 2 saturated heterocycles. The van der Waals surface area contributed by atoms with Crippen molar-refractivity contribution < 1.29 is 32.6 Å². The van der Waals surface area contributed by atoms with Crippen molar-refractivity contribution in [2.24, 2.45) is 5.41 Å². The number of aliphatic hydroxyl groups is 1. The van der Waals surface area contributed by atoms with Crippen molar-refractivity contribution in [1.29, 1.82) is 0 Å². The third-order valence-corrected chi connectivity index (χ3v) is 8.33. The van der Waals surface area contributed by atoms with E-state index in [1.54, 1.807) is 13.3 Å². The van der Waals surface area contributed by atoms with Crippen LogP contribution >= 0.6 is 0 Å². The van der Waals surface area contributed by atoms with Crippen molar-refractivity contribution in [2.75, 3.05) is 26.8 Å². The highest BCUT2D eigenvalue weighted by Crippen LogP contribution is 2.47. The molecule has 7 nitrogen and oxygen atoms in total. The summed E-state index contributed by atoms with van der Waals surface area (Å²) in [7, 11) is 1.58. The van der Waals surface area contributed by atoms with Gasteiger partial charge in [-0.05, 0) is 59.9 Å². The largest absolute Gasteiger partial charge is 0.416 e. The highest BCUT2D eigenvalue weighted by molar-refractivity contribution is 6.01. The molecule has 2 aliphatic heterocycles. The van der Waals surface area contributed by atoms with Crippen molar-refractivity contribution in [2.45, 2.75) is 50.4 Å². The maximum absolute atomic E-state index is 13.0. The molecular weight excluding hydrogens is 523 g/mol. The minimum atomic E-state index is -4.38. The first kappa shape index (κ1) is 28.2. The fourth-order valence-electron chi connectivity index (χ4n) is 6.10. The molecule has 2 aliphatic rings. The van der Waals surface area contributed by atoms with Gasteiger partial charge in [-0.25, -0.2) is 0 Å². The van der Waals surface area contributed by atoms with E-state index in [0.29, 0.717) is 43.6 Å². The Hall–Kier alpha value is -3.34. The van der Waals surface area contributed by atoms with Crippen LogP contribution in [-0.4, -0.2) is 53.6 Å². The summed E-state index contributed by atoms with van der Waals surface area (Å²) in [4.78, 5) is 30.6. The number of halogens is 3. The molecule has 0 radical (unpaired) electrons. The first-order chi connectivity index (χ1) is 18.9. The normalized spacial score (nSPS) is 26.2. The number of carbonyl (C=O) groups is 2. The van der Waals surface area contributed by atoms with Crippen LogP contribution in [0.4, 0.5) is 13.2 Å². The number of amides is 2. The fourth-order valence-corrected chi connectivity index (χ4v) is 6.10. The summed E-state index contributed by atoms with van der Waals surface area (Å²) < 4.78 is 44.5. The third-order valence-electron chi connectivity index (χ3n) is 8.33. The summed E-state index contributed by atoms with van der Waals surface area (Å²) in [6, 6.07) is 12.7. The van der Waals surface area contributed by atoms with E-state index >= 15 is 0 Å². The predicted octanol–water partition coefficient (Wildman–Crippen LogP) is 4.52. The lowest BCUT2D eigenvalue weighted by Crippen LogP contribution is -2.58. The maximum Gasteiger partial charge on any atom is 0.416 e. The van der Waals surface area contributed by atoms with Crippen LogP contribution in [0.3, 0.4) is 0 Å². The lowest BCUT2D eigenvalue weighted by molar-refractivity contribution is -0.158. The lowest BCUT2D eigenvalue weighted by Gasteiger charge is -2.52. The lowest BCUT2D eigenvalue weighted by atomic mass is 9.65. The standard InChI is InChI=1S/C30H32F3N3O4/c1-28(18-40-2)17-36(16-19-3-5-22(6-4-19)30(31,32)33)12-11-29(28,39)23-7-9-25-20(14-23)13-21(15-34-25)24-8-10-26(37)35-27(24)38/h3-7,9,13-15,24,39H,8,10-12,16-18H2,1-2H3,(H,35,37,38)/t24-,28-,29-/m0/s1. The third kappa shape index (κ3) is 5.35. The second kappa shape index (κ2) is 10.6. The molecule has 0 bridgehead atoms. The van der Waals surface area contributed by atoms with E-state index in [9.17, 15) is 27.9 Å². The van der Waals surface area contributed by atoms with Crippen LogP contribution in [0.1, 0.15) is 54.4 Å². The number of fused-ring (bicyclic) bond motifs is 1. The van der Waals surface area contributed by atoms with Gasteiger partial charge in [-0.15, -0.1) is 0 Å². The number of hydrogen-bond donors (Lipinski definition) is 2. The topological polar surface area (TPSA) is 91.8 Å². The first-order valence-corrected chi connectivity index (χ1v) is 13.3. The van der Waals surface area contributed by atoms with Crippen LogP contribution in [0.25, 0.3) is 10.9 Å². The Morgan fingerprint density at radius 2 is 1.90 bits per heavy atom. The Morgan fingerprint density at radius 3 is 2.58 bits per heavy atom. The molecule has 0 unspecified atom stereocenters. The van der Waals surface area contributed by atoms with Crippen LogP contribution in [0.2, 0.25) is 0 Å². The number of methoxy groups -OCH3 is 1. The first-order valence-electron chi connectivity index (χ1n) is 13.3. The number of rotatable bonds is 6. The van der Waals surface area contributed by atoms with Gasteiger partial charge in [0, 0.05) is 50.2 Å². The number of aromatic nitrogens is 1. The zero-order valence-corrected chi connectivity index (χ0v) is 22.4. The summed E-state index contributed by atoms with van der Waals surface area (Å²) in [5, 5.41) is 15.4. The Kier molecular flexibility index (Phi) is 7.45. The van der Waals surface area contributed by atoms with E-state index < -0.39 is 28.7 Å². The summed E-state index contributed by atoms with van der Waals surface area (Å²) in [6.45, 7) is 3.66. The zero-order valence-electron chi connectivity index (χ0n) is 22.4. The Labute approximate surface area is 230 Å². The van der Waals surface area contributed by atoms with E-state index in [1.807, 2.05) is 31.2 Å². The van der Waals surface area contributed by atoms with E-state index in [-0.39, 0.29) is 24.8 Å². The van der Waals surface area contributed by atoms with Gasteiger partial charge >= 0.3 is 6.18 Å². The number of imide groups is 1. The molecule has 2 fully saturated rings. The number of nitrogens with one attached hydrogen (secondary N) is 1. The minimum Gasteiger partial charge on any atom is -0.384 e. The number of alkyl halides is 3. The fraction of sp³-hybridized carbons (Fsp3) is 0.433. The zero-order chi connectivity index (χ0) is 28.7. The number of carbonyl (C=O) groups excluding carboxylic acids is 2. The van der Waals surface area contributed by atoms with Crippen LogP contribution in [0.5, 0.6) is 0 Å². The van der Waals surface area contributed by atoms with Crippen LogP contribution < -0.4 is 5.32 Å². The number of hydrogen-bond acceptors (Lipinski definition) is 6. The van der Waals surface area contributed by atoms with Crippen molar-refractivity contribution >= 4 is 22.7 Å². The molecule has 1 aromatic heterocycles. The van der Waals surface area contributed by atoms with Crippen LogP contribution in [0.15, 0.2) is 54.7 Å². The van der Waals surface area contributed by atoms with E-state index in [2.05, 4.69) is 15.2 Å². The molecular formula is C30H32F3N3O4. The average Bonchev–Trinajstić information content (AvgIpc) is 2.90. The van der Waals surface area contributed by atoms with Crippen molar-refractivity contribution in [3.63, 3.8) is 0 Å². The van der Waals surface area contributed by atoms with Crippen molar-refractivity contribution in [3.8, 4) is 0 Å². The number of pyridine rings is 1.